The third kappa shape index (κ3) is 2.14. The molecule has 0 bridgehead atoms. The van der Waals surface area contributed by atoms with Crippen molar-refractivity contribution < 1.29 is 13.2 Å². The fourth-order valence-corrected chi connectivity index (χ4v) is 4.20. The van der Waals surface area contributed by atoms with Crippen molar-refractivity contribution in [3.8, 4) is 11.1 Å². The minimum Gasteiger partial charge on any atom is -0.293 e. The molecule has 2 aromatic carbocycles. The summed E-state index contributed by atoms with van der Waals surface area (Å²) < 4.78 is 23.5. The van der Waals surface area contributed by atoms with Gasteiger partial charge < -0.3 is 0 Å². The lowest BCUT2D eigenvalue weighted by molar-refractivity contribution is 0.102. The molecule has 0 N–H and O–H groups in total. The van der Waals surface area contributed by atoms with Gasteiger partial charge in [-0.3, -0.25) is 4.79 Å². The topological polar surface area (TPSA) is 51.2 Å². The highest BCUT2D eigenvalue weighted by molar-refractivity contribution is 7.92. The Hall–Kier alpha value is -1.36. The van der Waals surface area contributed by atoms with Crippen molar-refractivity contribution in [2.75, 3.05) is 5.75 Å². The Balaban J connectivity index is 2.19. The first-order valence-corrected chi connectivity index (χ1v) is 8.15. The molecule has 0 spiro atoms. The van der Waals surface area contributed by atoms with Crippen molar-refractivity contribution in [2.24, 2.45) is 0 Å². The maximum absolute atomic E-state index is 11.8. The summed E-state index contributed by atoms with van der Waals surface area (Å²) in [5.41, 5.74) is 1.63. The Kier molecular flexibility index (Phi) is 3.12. The zero-order valence-electron chi connectivity index (χ0n) is 10.1. The van der Waals surface area contributed by atoms with Crippen LogP contribution in [-0.2, 0) is 9.84 Å². The first kappa shape index (κ1) is 13.6. The normalized spacial score (nSPS) is 16.2. The molecule has 0 radical (unpaired) electrons. The molecule has 0 aliphatic carbocycles. The molecular weight excluding hydrogens is 319 g/mol. The number of sulfone groups is 1. The van der Waals surface area contributed by atoms with E-state index in [1.54, 1.807) is 30.3 Å². The van der Waals surface area contributed by atoms with Gasteiger partial charge in [0.05, 0.1) is 4.90 Å². The van der Waals surface area contributed by atoms with Gasteiger partial charge >= 0.3 is 0 Å². The lowest BCUT2D eigenvalue weighted by atomic mass is 10.0. The number of hydrogen-bond acceptors (Lipinski definition) is 3. The second-order valence-electron chi connectivity index (χ2n) is 4.52. The standard InChI is InChI=1S/C14H8Cl2O3S/c15-9-2-3-10(12(16)6-9)8-1-4-14-11(5-8)13(17)7-20(14,18)19/h1-6H,7H2. The van der Waals surface area contributed by atoms with Crippen LogP contribution in [0, 0.1) is 0 Å². The number of fused-ring (bicyclic) bond motifs is 1. The molecule has 6 heteroatoms. The van der Waals surface area contributed by atoms with Crippen molar-refractivity contribution in [3.63, 3.8) is 0 Å². The largest absolute Gasteiger partial charge is 0.293 e. The highest BCUT2D eigenvalue weighted by Gasteiger charge is 2.33. The fraction of sp³-hybridized carbons (Fsp3) is 0.0714. The summed E-state index contributed by atoms with van der Waals surface area (Å²) in [4.78, 5) is 11.9. The Bertz CT molecular complexity index is 841. The van der Waals surface area contributed by atoms with E-state index in [-0.39, 0.29) is 16.2 Å². The van der Waals surface area contributed by atoms with Crippen LogP contribution in [0.25, 0.3) is 11.1 Å². The Morgan fingerprint density at radius 3 is 2.40 bits per heavy atom. The minimum atomic E-state index is -3.47. The van der Waals surface area contributed by atoms with Gasteiger partial charge in [-0.15, -0.1) is 0 Å². The molecule has 0 aromatic heterocycles. The predicted molar refractivity (Wildman–Crippen MR) is 78.3 cm³/mol. The van der Waals surface area contributed by atoms with E-state index < -0.39 is 15.6 Å². The highest BCUT2D eigenvalue weighted by atomic mass is 35.5. The number of carbonyl (C=O) groups excluding carboxylic acids is 1. The molecular formula is C14H8Cl2O3S. The molecule has 3 rings (SSSR count). The maximum Gasteiger partial charge on any atom is 0.186 e. The predicted octanol–water partition coefficient (Wildman–Crippen LogP) is 3.63. The van der Waals surface area contributed by atoms with Crippen LogP contribution >= 0.6 is 23.2 Å². The van der Waals surface area contributed by atoms with E-state index in [0.29, 0.717) is 21.2 Å². The molecule has 0 unspecified atom stereocenters. The third-order valence-corrected chi connectivity index (χ3v) is 5.39. The molecule has 0 atom stereocenters. The van der Waals surface area contributed by atoms with Crippen LogP contribution in [0.1, 0.15) is 10.4 Å². The molecule has 0 amide bonds. The van der Waals surface area contributed by atoms with E-state index in [1.807, 2.05) is 0 Å². The summed E-state index contributed by atoms with van der Waals surface area (Å²) in [5.74, 6) is -0.841. The lowest BCUT2D eigenvalue weighted by Crippen LogP contribution is -2.03. The van der Waals surface area contributed by atoms with Crippen LogP contribution in [0.2, 0.25) is 10.0 Å². The van der Waals surface area contributed by atoms with E-state index in [1.165, 1.54) is 6.07 Å². The minimum absolute atomic E-state index is 0.0938. The molecule has 0 saturated carbocycles. The van der Waals surface area contributed by atoms with Crippen molar-refractivity contribution >= 4 is 38.8 Å². The van der Waals surface area contributed by atoms with E-state index in [9.17, 15) is 13.2 Å². The maximum atomic E-state index is 11.8. The van der Waals surface area contributed by atoms with Gasteiger partial charge in [-0.1, -0.05) is 35.3 Å². The molecule has 102 valence electrons. The van der Waals surface area contributed by atoms with Crippen LogP contribution in [0.15, 0.2) is 41.3 Å². The average Bonchev–Trinajstić information content (AvgIpc) is 2.59. The molecule has 0 saturated heterocycles. The zero-order valence-corrected chi connectivity index (χ0v) is 12.4. The summed E-state index contributed by atoms with van der Waals surface area (Å²) in [5, 5.41) is 0.962. The second-order valence-corrected chi connectivity index (χ2v) is 7.32. The highest BCUT2D eigenvalue weighted by Crippen LogP contribution is 2.34. The number of ketones is 1. The molecule has 3 nitrogen and oxygen atoms in total. The Morgan fingerprint density at radius 2 is 1.70 bits per heavy atom. The van der Waals surface area contributed by atoms with Crippen LogP contribution in [0.4, 0.5) is 0 Å². The third-order valence-electron chi connectivity index (χ3n) is 3.18. The lowest BCUT2D eigenvalue weighted by Gasteiger charge is -2.06. The summed E-state index contributed by atoms with van der Waals surface area (Å²) in [7, 11) is -3.47. The smallest absolute Gasteiger partial charge is 0.186 e. The van der Waals surface area contributed by atoms with E-state index in [0.717, 1.165) is 0 Å². The number of rotatable bonds is 1. The number of Topliss-reactive ketones (excluding diaryl/α,β-unsaturated/α-hetero) is 1. The van der Waals surface area contributed by atoms with Crippen molar-refractivity contribution in [2.45, 2.75) is 4.90 Å². The van der Waals surface area contributed by atoms with E-state index >= 15 is 0 Å². The van der Waals surface area contributed by atoms with E-state index in [2.05, 4.69) is 0 Å². The van der Waals surface area contributed by atoms with Crippen molar-refractivity contribution in [1.29, 1.82) is 0 Å². The summed E-state index contributed by atoms with van der Waals surface area (Å²) in [6.07, 6.45) is 0. The quantitative estimate of drug-likeness (QED) is 0.804. The molecule has 2 aromatic rings. The number of carbonyl (C=O) groups is 1. The van der Waals surface area contributed by atoms with Gasteiger partial charge in [0.15, 0.2) is 15.6 Å². The van der Waals surface area contributed by atoms with Crippen LogP contribution in [0.3, 0.4) is 0 Å². The van der Waals surface area contributed by atoms with Gasteiger partial charge in [-0.25, -0.2) is 8.42 Å². The van der Waals surface area contributed by atoms with Gasteiger partial charge in [-0.05, 0) is 29.8 Å². The first-order chi connectivity index (χ1) is 9.38. The molecule has 0 fully saturated rings. The van der Waals surface area contributed by atoms with Gasteiger partial charge in [-0.2, -0.15) is 0 Å². The SMILES string of the molecule is O=C1CS(=O)(=O)c2ccc(-c3ccc(Cl)cc3Cl)cc21. The summed E-state index contributed by atoms with van der Waals surface area (Å²) >= 11 is 12.0. The molecule has 1 heterocycles. The summed E-state index contributed by atoms with van der Waals surface area (Å²) in [6, 6.07) is 9.69. The van der Waals surface area contributed by atoms with Crippen LogP contribution in [0.5, 0.6) is 0 Å². The first-order valence-electron chi connectivity index (χ1n) is 5.74. The Labute approximate surface area is 126 Å². The van der Waals surface area contributed by atoms with Crippen molar-refractivity contribution in [1.82, 2.24) is 0 Å². The van der Waals surface area contributed by atoms with E-state index in [4.69, 9.17) is 23.2 Å². The van der Waals surface area contributed by atoms with Gasteiger partial charge in [0.1, 0.15) is 5.75 Å². The van der Waals surface area contributed by atoms with Gasteiger partial charge in [0.25, 0.3) is 0 Å². The monoisotopic (exact) mass is 326 g/mol. The summed E-state index contributed by atoms with van der Waals surface area (Å²) in [6.45, 7) is 0. The van der Waals surface area contributed by atoms with Gasteiger partial charge in [0.2, 0.25) is 0 Å². The zero-order chi connectivity index (χ0) is 14.5. The number of benzene rings is 2. The van der Waals surface area contributed by atoms with Crippen molar-refractivity contribution in [3.05, 3.63) is 52.0 Å². The molecule has 1 aliphatic heterocycles. The molecule has 20 heavy (non-hydrogen) atoms. The second kappa shape index (κ2) is 4.58. The number of hydrogen-bond donors (Lipinski definition) is 0. The fourth-order valence-electron chi connectivity index (χ4n) is 2.24. The Morgan fingerprint density at radius 1 is 0.950 bits per heavy atom. The molecule has 1 aliphatic rings. The average molecular weight is 327 g/mol. The van der Waals surface area contributed by atoms with Crippen LogP contribution in [-0.4, -0.2) is 20.0 Å². The van der Waals surface area contributed by atoms with Gasteiger partial charge in [0, 0.05) is 21.2 Å². The van der Waals surface area contributed by atoms with Crippen LogP contribution < -0.4 is 0 Å². The number of halogens is 2.